The van der Waals surface area contributed by atoms with Gasteiger partial charge in [-0.1, -0.05) is 0 Å². The molecular formula is C12H15NO6S. The molecule has 20 heavy (non-hydrogen) atoms. The molecule has 8 heteroatoms. The molecule has 1 aliphatic carbocycles. The van der Waals surface area contributed by atoms with E-state index in [1.807, 2.05) is 5.48 Å². The van der Waals surface area contributed by atoms with Gasteiger partial charge in [0, 0.05) is 36.0 Å². The van der Waals surface area contributed by atoms with Crippen molar-refractivity contribution in [2.24, 2.45) is 0 Å². The lowest BCUT2D eigenvalue weighted by molar-refractivity contribution is -0.157. The number of rotatable bonds is 6. The molecule has 0 radical (unpaired) electrons. The number of nitrogens with one attached hydrogen (secondary N) is 1. The second-order valence-electron chi connectivity index (χ2n) is 4.12. The molecule has 0 heterocycles. The van der Waals surface area contributed by atoms with E-state index in [0.717, 1.165) is 0 Å². The molecule has 0 spiro atoms. The summed E-state index contributed by atoms with van der Waals surface area (Å²) in [4.78, 5) is 48.5. The first-order chi connectivity index (χ1) is 9.41. The van der Waals surface area contributed by atoms with E-state index in [4.69, 9.17) is 5.11 Å². The molecule has 1 aliphatic rings. The van der Waals surface area contributed by atoms with Gasteiger partial charge in [0.2, 0.25) is 5.91 Å². The van der Waals surface area contributed by atoms with Crippen LogP contribution in [0.5, 0.6) is 0 Å². The Labute approximate surface area is 119 Å². The van der Waals surface area contributed by atoms with Crippen LogP contribution in [0.3, 0.4) is 0 Å². The van der Waals surface area contributed by atoms with Gasteiger partial charge in [-0.2, -0.15) is 17.2 Å². The van der Waals surface area contributed by atoms with Crippen LogP contribution in [0.1, 0.15) is 26.2 Å². The Morgan fingerprint density at radius 2 is 2.05 bits per heavy atom. The number of hydrogen-bond acceptors (Lipinski definition) is 6. The molecule has 0 atom stereocenters. The van der Waals surface area contributed by atoms with Gasteiger partial charge in [-0.25, -0.2) is 9.59 Å². The van der Waals surface area contributed by atoms with E-state index in [1.165, 1.54) is 18.7 Å². The minimum Gasteiger partial charge on any atom is -0.478 e. The summed E-state index contributed by atoms with van der Waals surface area (Å²) in [6.45, 7) is 1.22. The summed E-state index contributed by atoms with van der Waals surface area (Å²) in [6, 6.07) is 0. The first-order valence-corrected chi connectivity index (χ1v) is 7.09. The summed E-state index contributed by atoms with van der Waals surface area (Å²) in [5, 5.41) is 8.93. The van der Waals surface area contributed by atoms with Crippen molar-refractivity contribution in [3.8, 4) is 0 Å². The Balaban J connectivity index is 2.32. The van der Waals surface area contributed by atoms with Gasteiger partial charge in [0.15, 0.2) is 5.78 Å². The summed E-state index contributed by atoms with van der Waals surface area (Å²) in [6.07, 6.45) is 0.575. The van der Waals surface area contributed by atoms with E-state index in [2.05, 4.69) is 4.84 Å². The first kappa shape index (κ1) is 16.2. The van der Waals surface area contributed by atoms with E-state index < -0.39 is 17.8 Å². The summed E-state index contributed by atoms with van der Waals surface area (Å²) in [5.74, 6) is -1.61. The molecule has 0 saturated heterocycles. The van der Waals surface area contributed by atoms with Gasteiger partial charge >= 0.3 is 11.9 Å². The maximum atomic E-state index is 11.5. The number of carboxylic acids is 1. The van der Waals surface area contributed by atoms with E-state index in [-0.39, 0.29) is 36.4 Å². The molecule has 0 bridgehead atoms. The number of thioether (sulfide) groups is 1. The van der Waals surface area contributed by atoms with Crippen LogP contribution in [0.25, 0.3) is 0 Å². The summed E-state index contributed by atoms with van der Waals surface area (Å²) < 4.78 is 0. The van der Waals surface area contributed by atoms with Gasteiger partial charge in [-0.05, 0) is 6.42 Å². The highest BCUT2D eigenvalue weighted by atomic mass is 32.2. The van der Waals surface area contributed by atoms with Crippen molar-refractivity contribution in [2.75, 3.05) is 11.5 Å². The van der Waals surface area contributed by atoms with E-state index >= 15 is 0 Å². The van der Waals surface area contributed by atoms with Crippen LogP contribution in [0.15, 0.2) is 11.1 Å². The molecule has 0 fully saturated rings. The molecular weight excluding hydrogens is 286 g/mol. The lowest BCUT2D eigenvalue weighted by Crippen LogP contribution is -2.24. The standard InChI is InChI=1S/C12H15NO6S/c1-7(14)13-19-11(16)4-5-20-6-9-8(12(17)18)2-3-10(9)15/h2-6H2,1H3,(H,13,14)(H,17,18). The lowest BCUT2D eigenvalue weighted by atomic mass is 10.2. The molecule has 0 unspecified atom stereocenters. The second kappa shape index (κ2) is 7.68. The van der Waals surface area contributed by atoms with Crippen LogP contribution >= 0.6 is 11.8 Å². The molecule has 110 valence electrons. The predicted octanol–water partition coefficient (Wildman–Crippen LogP) is 0.448. The number of hydrogen-bond donors (Lipinski definition) is 2. The van der Waals surface area contributed by atoms with Crippen LogP contribution in [0.4, 0.5) is 0 Å². The van der Waals surface area contributed by atoms with Gasteiger partial charge in [-0.15, -0.1) is 0 Å². The van der Waals surface area contributed by atoms with Gasteiger partial charge < -0.3 is 9.94 Å². The van der Waals surface area contributed by atoms with Crippen molar-refractivity contribution < 1.29 is 29.1 Å². The lowest BCUT2D eigenvalue weighted by Gasteiger charge is -2.04. The molecule has 0 aromatic heterocycles. The number of amides is 1. The Bertz CT molecular complexity index is 471. The molecule has 0 aliphatic heterocycles. The normalized spacial score (nSPS) is 14.3. The number of carboxylic acid groups (broad SMARTS) is 1. The largest absolute Gasteiger partial charge is 0.478 e. The Hall–Kier alpha value is -1.83. The van der Waals surface area contributed by atoms with Crippen molar-refractivity contribution in [1.82, 2.24) is 5.48 Å². The molecule has 0 aromatic rings. The number of carbonyl (C=O) groups excluding carboxylic acids is 3. The molecule has 2 N–H and O–H groups in total. The molecule has 0 aromatic carbocycles. The molecule has 7 nitrogen and oxygen atoms in total. The Kier molecular flexibility index (Phi) is 6.23. The van der Waals surface area contributed by atoms with Crippen LogP contribution in [-0.4, -0.2) is 40.2 Å². The third kappa shape index (κ3) is 5.04. The summed E-state index contributed by atoms with van der Waals surface area (Å²) in [5.41, 5.74) is 2.42. The first-order valence-electron chi connectivity index (χ1n) is 5.94. The highest BCUT2D eigenvalue weighted by Gasteiger charge is 2.26. The third-order valence-corrected chi connectivity index (χ3v) is 3.55. The zero-order valence-corrected chi connectivity index (χ0v) is 11.7. The number of carbonyl (C=O) groups is 4. The maximum absolute atomic E-state index is 11.5. The number of ketones is 1. The quantitative estimate of drug-likeness (QED) is 0.541. The minimum absolute atomic E-state index is 0.0643. The topological polar surface area (TPSA) is 110 Å². The zero-order chi connectivity index (χ0) is 15.1. The van der Waals surface area contributed by atoms with Crippen molar-refractivity contribution in [3.05, 3.63) is 11.1 Å². The van der Waals surface area contributed by atoms with Gasteiger partial charge in [0.25, 0.3) is 0 Å². The minimum atomic E-state index is -1.06. The van der Waals surface area contributed by atoms with Crippen molar-refractivity contribution >= 4 is 35.4 Å². The average molecular weight is 301 g/mol. The van der Waals surface area contributed by atoms with Gasteiger partial charge in [0.1, 0.15) is 0 Å². The van der Waals surface area contributed by atoms with Crippen molar-refractivity contribution in [1.29, 1.82) is 0 Å². The smallest absolute Gasteiger partial charge is 0.333 e. The Morgan fingerprint density at radius 3 is 2.65 bits per heavy atom. The summed E-state index contributed by atoms with van der Waals surface area (Å²) >= 11 is 1.28. The summed E-state index contributed by atoms with van der Waals surface area (Å²) in [7, 11) is 0. The van der Waals surface area contributed by atoms with E-state index in [0.29, 0.717) is 11.3 Å². The fraction of sp³-hybridized carbons (Fsp3) is 0.500. The van der Waals surface area contributed by atoms with E-state index in [9.17, 15) is 19.2 Å². The Morgan fingerprint density at radius 1 is 1.35 bits per heavy atom. The highest BCUT2D eigenvalue weighted by Crippen LogP contribution is 2.26. The maximum Gasteiger partial charge on any atom is 0.333 e. The molecule has 0 saturated carbocycles. The van der Waals surface area contributed by atoms with Crippen LogP contribution in [0.2, 0.25) is 0 Å². The van der Waals surface area contributed by atoms with Crippen LogP contribution in [0, 0.1) is 0 Å². The average Bonchev–Trinajstić information content (AvgIpc) is 2.74. The zero-order valence-electron chi connectivity index (χ0n) is 10.9. The molecule has 1 rings (SSSR count). The number of Topliss-reactive ketones (excluding diaryl/α,β-unsaturated/α-hetero) is 1. The fourth-order valence-corrected chi connectivity index (χ4v) is 2.62. The van der Waals surface area contributed by atoms with Crippen LogP contribution in [-0.2, 0) is 24.0 Å². The predicted molar refractivity (Wildman–Crippen MR) is 70.8 cm³/mol. The number of hydroxylamine groups is 1. The third-order valence-electron chi connectivity index (χ3n) is 2.57. The van der Waals surface area contributed by atoms with Crippen molar-refractivity contribution in [2.45, 2.75) is 26.2 Å². The fourth-order valence-electron chi connectivity index (χ4n) is 1.62. The SMILES string of the molecule is CC(=O)NOC(=O)CCSCC1=C(C(=O)O)CCC1=O. The van der Waals surface area contributed by atoms with E-state index in [1.54, 1.807) is 0 Å². The van der Waals surface area contributed by atoms with Crippen molar-refractivity contribution in [3.63, 3.8) is 0 Å². The van der Waals surface area contributed by atoms with Gasteiger partial charge in [0.05, 0.1) is 6.42 Å². The van der Waals surface area contributed by atoms with Gasteiger partial charge in [-0.3, -0.25) is 9.59 Å². The monoisotopic (exact) mass is 301 g/mol. The molecule has 1 amide bonds. The second-order valence-corrected chi connectivity index (χ2v) is 5.23. The number of aliphatic carboxylic acids is 1. The van der Waals surface area contributed by atoms with Crippen LogP contribution < -0.4 is 5.48 Å². The highest BCUT2D eigenvalue weighted by molar-refractivity contribution is 7.99.